The number of carboxylic acids is 1. The number of esters is 3. The van der Waals surface area contributed by atoms with Crippen molar-refractivity contribution < 1.29 is 58.2 Å². The first-order valence-electron chi connectivity index (χ1n) is 27.5. The first-order chi connectivity index (χ1) is 36.6. The molecule has 1 fully saturated rings. The molecule has 0 amide bonds. The lowest BCUT2D eigenvalue weighted by atomic mass is 9.98. The zero-order valence-electron chi connectivity index (χ0n) is 45.5. The van der Waals surface area contributed by atoms with Gasteiger partial charge in [-0.25, -0.2) is 4.79 Å². The van der Waals surface area contributed by atoms with Crippen LogP contribution in [-0.2, 0) is 42.9 Å². The van der Waals surface area contributed by atoms with E-state index in [4.69, 9.17) is 23.7 Å². The zero-order valence-corrected chi connectivity index (χ0v) is 45.5. The van der Waals surface area contributed by atoms with E-state index in [1.54, 1.807) is 0 Å². The van der Waals surface area contributed by atoms with Crippen molar-refractivity contribution in [1.29, 1.82) is 0 Å². The number of carbonyl (C=O) groups is 4. The highest BCUT2D eigenvalue weighted by atomic mass is 16.7. The number of hydrogen-bond acceptors (Lipinski definition) is 11. The van der Waals surface area contributed by atoms with Crippen molar-refractivity contribution in [2.24, 2.45) is 0 Å². The Labute approximate surface area is 450 Å². The minimum absolute atomic E-state index is 0.000160. The lowest BCUT2D eigenvalue weighted by Gasteiger charge is -2.40. The van der Waals surface area contributed by atoms with E-state index < -0.39 is 73.9 Å². The second-order valence-corrected chi connectivity index (χ2v) is 17.7. The van der Waals surface area contributed by atoms with Crippen molar-refractivity contribution in [1.82, 2.24) is 0 Å². The summed E-state index contributed by atoms with van der Waals surface area (Å²) in [6.07, 6.45) is 59.7. The van der Waals surface area contributed by atoms with Crippen LogP contribution < -0.4 is 0 Å². The van der Waals surface area contributed by atoms with E-state index in [0.717, 1.165) is 89.9 Å². The highest BCUT2D eigenvalue weighted by Gasteiger charge is 2.50. The van der Waals surface area contributed by atoms with E-state index >= 15 is 0 Å². The number of aliphatic hydroxyl groups excluding tert-OH is 2. The fraction of sp³-hybridized carbons (Fsp3) is 0.524. The molecule has 1 saturated heterocycles. The van der Waals surface area contributed by atoms with Gasteiger partial charge in [0, 0.05) is 19.3 Å². The number of carbonyl (C=O) groups excluding carboxylic acids is 3. The summed E-state index contributed by atoms with van der Waals surface area (Å²) in [7, 11) is 0. The molecule has 0 aliphatic carbocycles. The summed E-state index contributed by atoms with van der Waals surface area (Å²) in [6.45, 7) is 5.46. The standard InChI is InChI=1S/C63H92O12/c1-4-7-10-13-16-19-22-25-26-27-28-29-30-33-34-37-40-43-46-49-55(64)71-52-54(73-56(65)50-47-44-41-38-35-31-23-20-17-14-11-8-5-2)53-72-63-61(59(68)58(67)60(75-63)62(69)70)74-57(66)51-48-45-42-39-36-32-24-21-18-15-12-9-6-3/h7-12,16-21,25-26,28-29,31-36,40-41,43-44,54,58-61,63,67-68H,4-6,13-15,22-24,27,30,37-39,42,45-53H2,1-3H3,(H,69,70)/b10-7-,11-8-,12-9-,19-16-,20-17-,21-18-,26-25-,29-28-,34-33-,35-31-,36-32-,43-40-,44-41-. The molecule has 75 heavy (non-hydrogen) atoms. The van der Waals surface area contributed by atoms with Gasteiger partial charge < -0.3 is 39.0 Å². The fourth-order valence-electron chi connectivity index (χ4n) is 7.01. The molecule has 6 unspecified atom stereocenters. The van der Waals surface area contributed by atoms with Crippen molar-refractivity contribution in [3.8, 4) is 0 Å². The lowest BCUT2D eigenvalue weighted by molar-refractivity contribution is -0.301. The summed E-state index contributed by atoms with van der Waals surface area (Å²) < 4.78 is 28.1. The fourth-order valence-corrected chi connectivity index (χ4v) is 7.01. The molecule has 0 aromatic rings. The van der Waals surface area contributed by atoms with E-state index in [-0.39, 0.29) is 19.3 Å². The molecule has 416 valence electrons. The largest absolute Gasteiger partial charge is 0.479 e. The molecule has 12 nitrogen and oxygen atoms in total. The maximum atomic E-state index is 13.1. The van der Waals surface area contributed by atoms with Crippen LogP contribution in [0.15, 0.2) is 158 Å². The summed E-state index contributed by atoms with van der Waals surface area (Å²) >= 11 is 0. The number of rotatable bonds is 43. The Morgan fingerprint density at radius 1 is 0.440 bits per heavy atom. The molecule has 0 aromatic carbocycles. The highest BCUT2D eigenvalue weighted by molar-refractivity contribution is 5.74. The molecule has 0 spiro atoms. The monoisotopic (exact) mass is 1040 g/mol. The Morgan fingerprint density at radius 3 is 1.24 bits per heavy atom. The number of carboxylic acid groups (broad SMARTS) is 1. The maximum Gasteiger partial charge on any atom is 0.335 e. The van der Waals surface area contributed by atoms with Gasteiger partial charge >= 0.3 is 23.9 Å². The third kappa shape index (κ3) is 39.4. The Kier molecular flexibility index (Phi) is 44.2. The van der Waals surface area contributed by atoms with E-state index in [9.17, 15) is 34.5 Å². The molecule has 0 saturated carbocycles. The maximum absolute atomic E-state index is 13.1. The second-order valence-electron chi connectivity index (χ2n) is 17.7. The minimum Gasteiger partial charge on any atom is -0.479 e. The summed E-state index contributed by atoms with van der Waals surface area (Å²) in [6, 6.07) is 0. The predicted octanol–water partition coefficient (Wildman–Crippen LogP) is 13.8. The van der Waals surface area contributed by atoms with E-state index in [1.807, 2.05) is 30.4 Å². The van der Waals surface area contributed by atoms with Crippen LogP contribution >= 0.6 is 0 Å². The van der Waals surface area contributed by atoms with Gasteiger partial charge in [0.15, 0.2) is 24.6 Å². The normalized spacial score (nSPS) is 19.4. The van der Waals surface area contributed by atoms with Crippen LogP contribution in [0.5, 0.6) is 0 Å². The van der Waals surface area contributed by atoms with Gasteiger partial charge in [0.2, 0.25) is 0 Å². The van der Waals surface area contributed by atoms with E-state index in [2.05, 4.69) is 148 Å². The molecule has 6 atom stereocenters. The molecular weight excluding hydrogens is 949 g/mol. The Bertz CT molecular complexity index is 1910. The van der Waals surface area contributed by atoms with Crippen molar-refractivity contribution in [3.05, 3.63) is 158 Å². The smallest absolute Gasteiger partial charge is 0.335 e. The molecule has 0 aromatic heterocycles. The van der Waals surface area contributed by atoms with Gasteiger partial charge in [0.25, 0.3) is 0 Å². The number of unbranched alkanes of at least 4 members (excludes halogenated alkanes) is 3. The molecular formula is C63H92O12. The van der Waals surface area contributed by atoms with Crippen LogP contribution in [0.3, 0.4) is 0 Å². The molecule has 1 rings (SSSR count). The average Bonchev–Trinajstić information content (AvgIpc) is 3.39. The van der Waals surface area contributed by atoms with Gasteiger partial charge in [-0.05, 0) is 116 Å². The van der Waals surface area contributed by atoms with Crippen molar-refractivity contribution >= 4 is 23.9 Å². The molecule has 1 aliphatic rings. The Hall–Kier alpha value is -5.66. The molecule has 12 heteroatoms. The number of hydrogen-bond donors (Lipinski definition) is 3. The first-order valence-corrected chi connectivity index (χ1v) is 27.5. The quantitative estimate of drug-likeness (QED) is 0.0228. The first kappa shape index (κ1) is 67.4. The van der Waals surface area contributed by atoms with Crippen LogP contribution in [0, 0.1) is 0 Å². The number of aliphatic hydroxyl groups is 2. The summed E-state index contributed by atoms with van der Waals surface area (Å²) in [5, 5.41) is 31.4. The summed E-state index contributed by atoms with van der Waals surface area (Å²) in [5.41, 5.74) is 0. The van der Waals surface area contributed by atoms with Gasteiger partial charge in [-0.1, -0.05) is 185 Å². The Balaban J connectivity index is 2.82. The van der Waals surface area contributed by atoms with Gasteiger partial charge in [-0.3, -0.25) is 14.4 Å². The van der Waals surface area contributed by atoms with Crippen molar-refractivity contribution in [2.45, 2.75) is 199 Å². The van der Waals surface area contributed by atoms with Gasteiger partial charge in [-0.2, -0.15) is 0 Å². The topological polar surface area (TPSA) is 175 Å². The summed E-state index contributed by atoms with van der Waals surface area (Å²) in [5.74, 6) is -3.42. The van der Waals surface area contributed by atoms with E-state index in [0.29, 0.717) is 32.1 Å². The number of aliphatic carboxylic acids is 1. The highest BCUT2D eigenvalue weighted by Crippen LogP contribution is 2.26. The van der Waals surface area contributed by atoms with Crippen LogP contribution in [0.1, 0.15) is 162 Å². The van der Waals surface area contributed by atoms with Crippen LogP contribution in [0.25, 0.3) is 0 Å². The van der Waals surface area contributed by atoms with Crippen molar-refractivity contribution in [2.75, 3.05) is 13.2 Å². The van der Waals surface area contributed by atoms with E-state index in [1.165, 1.54) is 0 Å². The average molecular weight is 1040 g/mol. The SMILES string of the molecule is CC/C=C\C/C=C\C/C=C\C/C=C\C/C=C\C/C=C\CCC(=O)OCC(COC1OC(C(=O)O)C(O)C(O)C1OC(=O)CCCCC/C=C\C/C=C\C/C=C\CC)OC(=O)CC/C=C\C/C=C\C/C=C\C/C=C\CC. The molecule has 1 aliphatic heterocycles. The van der Waals surface area contributed by atoms with Crippen LogP contribution in [-0.4, -0.2) is 89.2 Å². The second kappa shape index (κ2) is 49.2. The number of allylic oxidation sites excluding steroid dienone is 26. The predicted molar refractivity (Wildman–Crippen MR) is 302 cm³/mol. The lowest BCUT2D eigenvalue weighted by Crippen LogP contribution is -2.61. The van der Waals surface area contributed by atoms with Crippen molar-refractivity contribution in [3.63, 3.8) is 0 Å². The number of ether oxygens (including phenoxy) is 5. The minimum atomic E-state index is -1.94. The van der Waals surface area contributed by atoms with Crippen LogP contribution in [0.2, 0.25) is 0 Å². The van der Waals surface area contributed by atoms with Gasteiger partial charge in [0.05, 0.1) is 6.61 Å². The zero-order chi connectivity index (χ0) is 54.7. The third-order valence-electron chi connectivity index (χ3n) is 11.1. The molecule has 0 radical (unpaired) electrons. The van der Waals surface area contributed by atoms with Crippen LogP contribution in [0.4, 0.5) is 0 Å². The molecule has 3 N–H and O–H groups in total. The van der Waals surface area contributed by atoms with Gasteiger partial charge in [0.1, 0.15) is 18.8 Å². The van der Waals surface area contributed by atoms with Gasteiger partial charge in [-0.15, -0.1) is 0 Å². The Morgan fingerprint density at radius 2 is 0.827 bits per heavy atom. The summed E-state index contributed by atoms with van der Waals surface area (Å²) in [4.78, 5) is 50.9. The molecule has 0 bridgehead atoms. The third-order valence-corrected chi connectivity index (χ3v) is 11.1. The molecule has 1 heterocycles.